The highest BCUT2D eigenvalue weighted by molar-refractivity contribution is 6.15. The van der Waals surface area contributed by atoms with Gasteiger partial charge in [-0.3, -0.25) is 4.79 Å². The molecule has 0 saturated carbocycles. The molecular formula is C15H19ClF3NO2. The highest BCUT2D eigenvalue weighted by Crippen LogP contribution is 2.34. The predicted molar refractivity (Wildman–Crippen MR) is 79.1 cm³/mol. The van der Waals surface area contributed by atoms with Crippen molar-refractivity contribution in [1.29, 1.82) is 0 Å². The van der Waals surface area contributed by atoms with E-state index in [-0.39, 0.29) is 6.04 Å². The van der Waals surface area contributed by atoms with Crippen molar-refractivity contribution >= 4 is 17.6 Å². The molecule has 7 heteroatoms. The van der Waals surface area contributed by atoms with Crippen LogP contribution in [0.3, 0.4) is 0 Å². The smallest absolute Gasteiger partial charge is 0.416 e. The van der Waals surface area contributed by atoms with Gasteiger partial charge in [-0.25, -0.2) is 0 Å². The summed E-state index contributed by atoms with van der Waals surface area (Å²) < 4.78 is 37.8. The Labute approximate surface area is 132 Å². The first-order valence-electron chi connectivity index (χ1n) is 6.80. The van der Waals surface area contributed by atoms with Crippen LogP contribution in [-0.2, 0) is 11.0 Å². The SMILES string of the molecule is CCl.Cc1cc(C(F)(F)F)ccc1C1CC(C(=O)O)CCN1. The average Bonchev–Trinajstić information content (AvgIpc) is 2.48. The number of hydrogen-bond acceptors (Lipinski definition) is 2. The Bertz CT molecular complexity index is 520. The molecule has 22 heavy (non-hydrogen) atoms. The fourth-order valence-electron chi connectivity index (χ4n) is 2.62. The molecule has 124 valence electrons. The number of rotatable bonds is 2. The van der Waals surface area contributed by atoms with Gasteiger partial charge in [0, 0.05) is 12.4 Å². The lowest BCUT2D eigenvalue weighted by molar-refractivity contribution is -0.143. The minimum atomic E-state index is -4.35. The van der Waals surface area contributed by atoms with Crippen LogP contribution in [0.5, 0.6) is 0 Å². The molecule has 1 aliphatic heterocycles. The summed E-state index contributed by atoms with van der Waals surface area (Å²) >= 11 is 4.64. The van der Waals surface area contributed by atoms with Gasteiger partial charge in [0.2, 0.25) is 0 Å². The predicted octanol–water partition coefficient (Wildman–Crippen LogP) is 3.99. The van der Waals surface area contributed by atoms with Crippen LogP contribution in [0, 0.1) is 12.8 Å². The lowest BCUT2D eigenvalue weighted by atomic mass is 9.87. The van der Waals surface area contributed by atoms with Gasteiger partial charge >= 0.3 is 12.1 Å². The molecule has 2 unspecified atom stereocenters. The Morgan fingerprint density at radius 3 is 2.50 bits per heavy atom. The quantitative estimate of drug-likeness (QED) is 0.802. The van der Waals surface area contributed by atoms with Crippen molar-refractivity contribution < 1.29 is 23.1 Å². The number of carboxylic acid groups (broad SMARTS) is 1. The molecule has 2 N–H and O–H groups in total. The van der Waals surface area contributed by atoms with E-state index in [2.05, 4.69) is 16.9 Å². The van der Waals surface area contributed by atoms with E-state index in [4.69, 9.17) is 5.11 Å². The highest BCUT2D eigenvalue weighted by atomic mass is 35.5. The summed E-state index contributed by atoms with van der Waals surface area (Å²) in [6, 6.07) is 3.41. The number of piperidine rings is 1. The maximum atomic E-state index is 12.6. The van der Waals surface area contributed by atoms with Crippen molar-refractivity contribution in [3.8, 4) is 0 Å². The summed E-state index contributed by atoms with van der Waals surface area (Å²) in [5, 5.41) is 12.2. The molecule has 1 fully saturated rings. The van der Waals surface area contributed by atoms with E-state index < -0.39 is 23.6 Å². The third kappa shape index (κ3) is 4.61. The second kappa shape index (κ2) is 7.83. The van der Waals surface area contributed by atoms with Crippen LogP contribution in [0.25, 0.3) is 0 Å². The fourth-order valence-corrected chi connectivity index (χ4v) is 2.62. The van der Waals surface area contributed by atoms with Crippen molar-refractivity contribution in [3.05, 3.63) is 34.9 Å². The Kier molecular flexibility index (Phi) is 6.68. The van der Waals surface area contributed by atoms with Crippen LogP contribution in [0.2, 0.25) is 0 Å². The van der Waals surface area contributed by atoms with Crippen LogP contribution >= 0.6 is 11.6 Å². The van der Waals surface area contributed by atoms with E-state index in [9.17, 15) is 18.0 Å². The Hall–Kier alpha value is -1.27. The van der Waals surface area contributed by atoms with Crippen LogP contribution in [0.4, 0.5) is 13.2 Å². The molecule has 0 spiro atoms. The Morgan fingerprint density at radius 1 is 1.36 bits per heavy atom. The number of alkyl halides is 4. The van der Waals surface area contributed by atoms with Crippen molar-refractivity contribution in [2.45, 2.75) is 32.0 Å². The van der Waals surface area contributed by atoms with Gasteiger partial charge in [-0.2, -0.15) is 13.2 Å². The zero-order valence-electron chi connectivity index (χ0n) is 12.4. The maximum Gasteiger partial charge on any atom is 0.416 e. The zero-order chi connectivity index (χ0) is 16.9. The Morgan fingerprint density at radius 2 is 2.00 bits per heavy atom. The summed E-state index contributed by atoms with van der Waals surface area (Å²) in [7, 11) is 0. The molecule has 0 bridgehead atoms. The monoisotopic (exact) mass is 337 g/mol. The number of hydrogen-bond donors (Lipinski definition) is 2. The molecule has 1 aromatic carbocycles. The van der Waals surface area contributed by atoms with E-state index in [1.807, 2.05) is 0 Å². The van der Waals surface area contributed by atoms with E-state index in [1.54, 1.807) is 6.92 Å². The summed E-state index contributed by atoms with van der Waals surface area (Å²) in [5.74, 6) is -1.29. The van der Waals surface area contributed by atoms with Crippen LogP contribution in [0.15, 0.2) is 18.2 Å². The van der Waals surface area contributed by atoms with Crippen LogP contribution in [-0.4, -0.2) is 24.0 Å². The number of aryl methyl sites for hydroxylation is 1. The minimum absolute atomic E-state index is 0.202. The van der Waals surface area contributed by atoms with Gasteiger partial charge in [-0.05, 0) is 49.6 Å². The average molecular weight is 338 g/mol. The molecule has 0 radical (unpaired) electrons. The standard InChI is InChI=1S/C14H16F3NO2.CH3Cl/c1-8-6-10(14(15,16)17)2-3-11(8)12-7-9(13(19)20)4-5-18-12;1-2/h2-3,6,9,12,18H,4-5,7H2,1H3,(H,19,20);1H3. The molecule has 1 heterocycles. The number of halogens is 4. The summed E-state index contributed by atoms with van der Waals surface area (Å²) in [4.78, 5) is 11.0. The minimum Gasteiger partial charge on any atom is -0.481 e. The largest absolute Gasteiger partial charge is 0.481 e. The summed E-state index contributed by atoms with van der Waals surface area (Å²) in [6.45, 7) is 2.18. The van der Waals surface area contributed by atoms with Crippen molar-refractivity contribution in [3.63, 3.8) is 0 Å². The van der Waals surface area contributed by atoms with E-state index in [0.717, 1.165) is 17.7 Å². The zero-order valence-corrected chi connectivity index (χ0v) is 13.1. The fraction of sp³-hybridized carbons (Fsp3) is 0.533. The first kappa shape index (κ1) is 18.8. The molecule has 0 aliphatic carbocycles. The number of aliphatic carboxylic acids is 1. The first-order chi connectivity index (χ1) is 10.3. The third-order valence-corrected chi connectivity index (χ3v) is 3.73. The van der Waals surface area contributed by atoms with E-state index in [0.29, 0.717) is 24.9 Å². The lowest BCUT2D eigenvalue weighted by Gasteiger charge is -2.29. The number of carbonyl (C=O) groups is 1. The normalized spacial score (nSPS) is 21.7. The number of carboxylic acids is 1. The van der Waals surface area contributed by atoms with Crippen molar-refractivity contribution in [2.75, 3.05) is 12.9 Å². The van der Waals surface area contributed by atoms with Gasteiger partial charge in [-0.1, -0.05) is 6.07 Å². The number of benzene rings is 1. The molecular weight excluding hydrogens is 319 g/mol. The molecule has 2 rings (SSSR count). The van der Waals surface area contributed by atoms with Crippen molar-refractivity contribution in [2.24, 2.45) is 5.92 Å². The van der Waals surface area contributed by atoms with Gasteiger partial charge in [0.15, 0.2) is 0 Å². The molecule has 1 aromatic rings. The van der Waals surface area contributed by atoms with Gasteiger partial charge in [-0.15, -0.1) is 11.6 Å². The number of nitrogens with one attached hydrogen (secondary N) is 1. The van der Waals surface area contributed by atoms with Crippen LogP contribution < -0.4 is 5.32 Å². The highest BCUT2D eigenvalue weighted by Gasteiger charge is 2.32. The van der Waals surface area contributed by atoms with Gasteiger partial charge < -0.3 is 10.4 Å². The molecule has 2 atom stereocenters. The van der Waals surface area contributed by atoms with Crippen LogP contribution in [0.1, 0.15) is 35.6 Å². The molecule has 3 nitrogen and oxygen atoms in total. The van der Waals surface area contributed by atoms with Crippen molar-refractivity contribution in [1.82, 2.24) is 5.32 Å². The third-order valence-electron chi connectivity index (χ3n) is 3.73. The van der Waals surface area contributed by atoms with E-state index >= 15 is 0 Å². The summed E-state index contributed by atoms with van der Waals surface area (Å²) in [6.07, 6.45) is -1.93. The first-order valence-corrected chi connectivity index (χ1v) is 7.56. The molecule has 1 aliphatic rings. The lowest BCUT2D eigenvalue weighted by Crippen LogP contribution is -2.35. The molecule has 1 saturated heterocycles. The van der Waals surface area contributed by atoms with E-state index in [1.165, 1.54) is 12.4 Å². The Balaban J connectivity index is 0.00000116. The topological polar surface area (TPSA) is 49.3 Å². The summed E-state index contributed by atoms with van der Waals surface area (Å²) in [5.41, 5.74) is 0.594. The maximum absolute atomic E-state index is 12.6. The second-order valence-corrected chi connectivity index (χ2v) is 5.14. The molecule has 0 aromatic heterocycles. The molecule has 0 amide bonds. The van der Waals surface area contributed by atoms with Gasteiger partial charge in [0.25, 0.3) is 0 Å². The second-order valence-electron chi connectivity index (χ2n) is 5.14. The van der Waals surface area contributed by atoms with Gasteiger partial charge in [0.05, 0.1) is 11.5 Å². The van der Waals surface area contributed by atoms with Gasteiger partial charge in [0.1, 0.15) is 0 Å².